The second-order valence-corrected chi connectivity index (χ2v) is 6.71. The van der Waals surface area contributed by atoms with Gasteiger partial charge in [-0.1, -0.05) is 0 Å². The first kappa shape index (κ1) is 15.6. The van der Waals surface area contributed by atoms with E-state index in [0.717, 1.165) is 25.9 Å². The van der Waals surface area contributed by atoms with Crippen LogP contribution in [-0.2, 0) is 4.74 Å². The van der Waals surface area contributed by atoms with Crippen LogP contribution in [0.2, 0.25) is 0 Å². The van der Waals surface area contributed by atoms with E-state index in [1.807, 2.05) is 33.0 Å². The fourth-order valence-corrected chi connectivity index (χ4v) is 2.72. The molecule has 0 spiro atoms. The summed E-state index contributed by atoms with van der Waals surface area (Å²) >= 11 is 0. The van der Waals surface area contributed by atoms with Crippen molar-refractivity contribution in [3.63, 3.8) is 0 Å². The van der Waals surface area contributed by atoms with Gasteiger partial charge in [-0.05, 0) is 63.6 Å². The van der Waals surface area contributed by atoms with E-state index >= 15 is 0 Å². The van der Waals surface area contributed by atoms with Gasteiger partial charge in [0.25, 0.3) is 0 Å². The molecule has 5 heteroatoms. The van der Waals surface area contributed by atoms with Crippen LogP contribution in [0.5, 0.6) is 0 Å². The summed E-state index contributed by atoms with van der Waals surface area (Å²) in [6.45, 7) is 9.18. The predicted molar refractivity (Wildman–Crippen MR) is 83.2 cm³/mol. The number of aromatic nitrogens is 1. The highest BCUT2D eigenvalue weighted by atomic mass is 16.6. The maximum absolute atomic E-state index is 12.0. The number of hydrogen-bond donors (Lipinski definition) is 1. The summed E-state index contributed by atoms with van der Waals surface area (Å²) in [5, 5.41) is 0. The number of anilines is 1. The summed E-state index contributed by atoms with van der Waals surface area (Å²) < 4.78 is 5.42. The van der Waals surface area contributed by atoms with Gasteiger partial charge in [-0.2, -0.15) is 0 Å². The van der Waals surface area contributed by atoms with E-state index in [2.05, 4.69) is 11.9 Å². The lowest BCUT2D eigenvalue weighted by Crippen LogP contribution is -2.41. The molecule has 2 rings (SSSR count). The Morgan fingerprint density at radius 1 is 1.38 bits per heavy atom. The SMILES string of the molecule is Cc1cc(N)ncc1C1CCN(C(=O)OC(C)(C)C)CC1. The highest BCUT2D eigenvalue weighted by Crippen LogP contribution is 2.30. The zero-order valence-electron chi connectivity index (χ0n) is 13.3. The minimum atomic E-state index is -0.439. The number of nitrogens with two attached hydrogens (primary N) is 1. The molecule has 0 unspecified atom stereocenters. The molecule has 0 radical (unpaired) electrons. The normalized spacial score (nSPS) is 16.9. The summed E-state index contributed by atoms with van der Waals surface area (Å²) in [6.07, 6.45) is 3.53. The van der Waals surface area contributed by atoms with Gasteiger partial charge in [0.2, 0.25) is 0 Å². The number of likely N-dealkylation sites (tertiary alicyclic amines) is 1. The Balaban J connectivity index is 1.95. The van der Waals surface area contributed by atoms with E-state index in [-0.39, 0.29) is 6.09 Å². The number of pyridine rings is 1. The number of hydrogen-bond acceptors (Lipinski definition) is 4. The Hall–Kier alpha value is -1.78. The number of rotatable bonds is 1. The number of amides is 1. The molecule has 1 amide bonds. The second kappa shape index (κ2) is 5.92. The van der Waals surface area contributed by atoms with Crippen LogP contribution >= 0.6 is 0 Å². The number of aryl methyl sites for hydroxylation is 1. The van der Waals surface area contributed by atoms with Gasteiger partial charge in [0, 0.05) is 19.3 Å². The molecule has 21 heavy (non-hydrogen) atoms. The van der Waals surface area contributed by atoms with E-state index < -0.39 is 5.60 Å². The fraction of sp³-hybridized carbons (Fsp3) is 0.625. The molecule has 2 heterocycles. The van der Waals surface area contributed by atoms with Gasteiger partial charge in [0.15, 0.2) is 0 Å². The molecule has 1 saturated heterocycles. The predicted octanol–water partition coefficient (Wildman–Crippen LogP) is 3.09. The Bertz CT molecular complexity index is 515. The summed E-state index contributed by atoms with van der Waals surface area (Å²) in [5.74, 6) is 0.999. The minimum Gasteiger partial charge on any atom is -0.444 e. The number of ether oxygens (including phenoxy) is 1. The molecule has 1 aliphatic heterocycles. The van der Waals surface area contributed by atoms with E-state index in [4.69, 9.17) is 10.5 Å². The van der Waals surface area contributed by atoms with E-state index in [0.29, 0.717) is 11.7 Å². The first-order valence-corrected chi connectivity index (χ1v) is 7.46. The fourth-order valence-electron chi connectivity index (χ4n) is 2.72. The lowest BCUT2D eigenvalue weighted by molar-refractivity contribution is 0.0205. The van der Waals surface area contributed by atoms with E-state index in [1.54, 1.807) is 4.90 Å². The number of carbonyl (C=O) groups excluding carboxylic acids is 1. The van der Waals surface area contributed by atoms with Crippen molar-refractivity contribution in [2.75, 3.05) is 18.8 Å². The lowest BCUT2D eigenvalue weighted by Gasteiger charge is -2.34. The summed E-state index contributed by atoms with van der Waals surface area (Å²) in [7, 11) is 0. The van der Waals surface area contributed by atoms with Gasteiger partial charge in [-0.15, -0.1) is 0 Å². The molecule has 1 aromatic rings. The zero-order valence-corrected chi connectivity index (χ0v) is 13.3. The van der Waals surface area contributed by atoms with Crippen LogP contribution in [0.25, 0.3) is 0 Å². The molecule has 0 atom stereocenters. The van der Waals surface area contributed by atoms with Crippen LogP contribution in [0.1, 0.15) is 50.7 Å². The first-order chi connectivity index (χ1) is 9.76. The molecule has 1 aliphatic rings. The number of piperidine rings is 1. The Morgan fingerprint density at radius 2 is 2.00 bits per heavy atom. The average Bonchev–Trinajstić information content (AvgIpc) is 2.37. The topological polar surface area (TPSA) is 68.5 Å². The van der Waals surface area contributed by atoms with E-state index in [1.165, 1.54) is 11.1 Å². The highest BCUT2D eigenvalue weighted by molar-refractivity contribution is 5.68. The second-order valence-electron chi connectivity index (χ2n) is 6.71. The van der Waals surface area contributed by atoms with Gasteiger partial charge in [-0.3, -0.25) is 0 Å². The minimum absolute atomic E-state index is 0.215. The third-order valence-corrected chi connectivity index (χ3v) is 3.76. The molecule has 1 fully saturated rings. The number of nitrogen functional groups attached to an aromatic ring is 1. The van der Waals surface area contributed by atoms with Gasteiger partial charge >= 0.3 is 6.09 Å². The molecule has 116 valence electrons. The standard InChI is InChI=1S/C16H25N3O2/c1-11-9-14(17)18-10-13(11)12-5-7-19(8-6-12)15(20)21-16(2,3)4/h9-10,12H,5-8H2,1-4H3,(H2,17,18). The van der Waals surface area contributed by atoms with Crippen LogP contribution in [0.3, 0.4) is 0 Å². The van der Waals surface area contributed by atoms with Crippen molar-refractivity contribution in [2.45, 2.75) is 52.1 Å². The summed E-state index contributed by atoms with van der Waals surface area (Å²) in [5.41, 5.74) is 7.68. The maximum Gasteiger partial charge on any atom is 0.410 e. The molecule has 0 bridgehead atoms. The van der Waals surface area contributed by atoms with Crippen LogP contribution in [0, 0.1) is 6.92 Å². The molecule has 5 nitrogen and oxygen atoms in total. The van der Waals surface area contributed by atoms with Gasteiger partial charge in [0.05, 0.1) is 0 Å². The monoisotopic (exact) mass is 291 g/mol. The summed E-state index contributed by atoms with van der Waals surface area (Å²) in [4.78, 5) is 18.0. The smallest absolute Gasteiger partial charge is 0.410 e. The molecular formula is C16H25N3O2. The van der Waals surface area contributed by atoms with Crippen molar-refractivity contribution in [1.29, 1.82) is 0 Å². The molecule has 0 saturated carbocycles. The van der Waals surface area contributed by atoms with Crippen LogP contribution in [-0.4, -0.2) is 34.7 Å². The van der Waals surface area contributed by atoms with Crippen molar-refractivity contribution in [1.82, 2.24) is 9.88 Å². The van der Waals surface area contributed by atoms with Crippen LogP contribution in [0.15, 0.2) is 12.3 Å². The Morgan fingerprint density at radius 3 is 2.52 bits per heavy atom. The van der Waals surface area contributed by atoms with Crippen LogP contribution < -0.4 is 5.73 Å². The molecule has 2 N–H and O–H groups in total. The van der Waals surface area contributed by atoms with Gasteiger partial charge in [-0.25, -0.2) is 9.78 Å². The maximum atomic E-state index is 12.0. The van der Waals surface area contributed by atoms with Crippen molar-refractivity contribution in [3.05, 3.63) is 23.4 Å². The van der Waals surface area contributed by atoms with Crippen molar-refractivity contribution in [3.8, 4) is 0 Å². The third kappa shape index (κ3) is 4.09. The molecule has 0 aromatic carbocycles. The molecule has 1 aromatic heterocycles. The number of carbonyl (C=O) groups is 1. The Kier molecular flexibility index (Phi) is 4.40. The van der Waals surface area contributed by atoms with Crippen molar-refractivity contribution in [2.24, 2.45) is 0 Å². The van der Waals surface area contributed by atoms with Crippen LogP contribution in [0.4, 0.5) is 10.6 Å². The highest BCUT2D eigenvalue weighted by Gasteiger charge is 2.28. The van der Waals surface area contributed by atoms with Gasteiger partial charge < -0.3 is 15.4 Å². The average molecular weight is 291 g/mol. The largest absolute Gasteiger partial charge is 0.444 e. The van der Waals surface area contributed by atoms with E-state index in [9.17, 15) is 4.79 Å². The number of nitrogens with zero attached hydrogens (tertiary/aromatic N) is 2. The van der Waals surface area contributed by atoms with Crippen molar-refractivity contribution >= 4 is 11.9 Å². The van der Waals surface area contributed by atoms with Crippen molar-refractivity contribution < 1.29 is 9.53 Å². The lowest BCUT2D eigenvalue weighted by atomic mass is 9.88. The zero-order chi connectivity index (χ0) is 15.6. The Labute approximate surface area is 126 Å². The third-order valence-electron chi connectivity index (χ3n) is 3.76. The van der Waals surface area contributed by atoms with Gasteiger partial charge in [0.1, 0.15) is 11.4 Å². The molecule has 0 aliphatic carbocycles. The summed E-state index contributed by atoms with van der Waals surface area (Å²) in [6, 6.07) is 1.91. The molecular weight excluding hydrogens is 266 g/mol. The first-order valence-electron chi connectivity index (χ1n) is 7.46. The quantitative estimate of drug-likeness (QED) is 0.863.